The number of ether oxygens (including phenoxy) is 2. The second kappa shape index (κ2) is 6.76. The van der Waals surface area contributed by atoms with Gasteiger partial charge in [-0.25, -0.2) is 0 Å². The lowest BCUT2D eigenvalue weighted by molar-refractivity contribution is 0.0989. The molecule has 0 aliphatic carbocycles. The first-order valence-electron chi connectivity index (χ1n) is 8.68. The smallest absolute Gasteiger partial charge is 0.258 e. The van der Waals surface area contributed by atoms with Gasteiger partial charge in [0.05, 0.1) is 20.3 Å². The van der Waals surface area contributed by atoms with E-state index < -0.39 is 0 Å². The molecule has 0 N–H and O–H groups in total. The number of carbonyl (C=O) groups excluding carboxylic acids is 1. The van der Waals surface area contributed by atoms with Crippen LogP contribution in [0.15, 0.2) is 42.5 Å². The van der Waals surface area contributed by atoms with Crippen LogP contribution in [0, 0.1) is 0 Å². The van der Waals surface area contributed by atoms with E-state index in [1.807, 2.05) is 29.2 Å². The van der Waals surface area contributed by atoms with Crippen molar-refractivity contribution in [2.45, 2.75) is 6.42 Å². The molecule has 130 valence electrons. The fourth-order valence-electron chi connectivity index (χ4n) is 3.49. The molecule has 0 saturated carbocycles. The van der Waals surface area contributed by atoms with Gasteiger partial charge in [0.1, 0.15) is 5.75 Å². The molecule has 0 aromatic heterocycles. The highest BCUT2D eigenvalue weighted by molar-refractivity contribution is 6.07. The number of hydrogen-bond acceptors (Lipinski definition) is 4. The summed E-state index contributed by atoms with van der Waals surface area (Å²) < 4.78 is 10.6. The number of benzene rings is 2. The van der Waals surface area contributed by atoms with Crippen molar-refractivity contribution < 1.29 is 14.3 Å². The number of anilines is 2. The lowest BCUT2D eigenvalue weighted by atomic mass is 10.1. The topological polar surface area (TPSA) is 42.0 Å². The van der Waals surface area contributed by atoms with Crippen molar-refractivity contribution in [2.24, 2.45) is 0 Å². The van der Waals surface area contributed by atoms with Gasteiger partial charge in [0.25, 0.3) is 5.91 Å². The Kier molecular flexibility index (Phi) is 4.32. The highest BCUT2D eigenvalue weighted by atomic mass is 16.5. The standard InChI is InChI=1S/C20H22N2O3/c1-24-18-6-3-16(4-7-18)20(23)22-9-8-15-2-5-17(14-19(15)22)21-10-12-25-13-11-21/h2-7,14H,8-13H2,1H3. The number of rotatable bonds is 3. The van der Waals surface area contributed by atoms with E-state index in [9.17, 15) is 4.79 Å². The van der Waals surface area contributed by atoms with E-state index in [1.165, 1.54) is 5.56 Å². The molecule has 2 aliphatic rings. The lowest BCUT2D eigenvalue weighted by Gasteiger charge is -2.29. The molecule has 1 saturated heterocycles. The Hall–Kier alpha value is -2.53. The second-order valence-electron chi connectivity index (χ2n) is 6.35. The van der Waals surface area contributed by atoms with Gasteiger partial charge in [-0.2, -0.15) is 0 Å². The van der Waals surface area contributed by atoms with E-state index in [4.69, 9.17) is 9.47 Å². The van der Waals surface area contributed by atoms with Crippen molar-refractivity contribution in [1.82, 2.24) is 0 Å². The van der Waals surface area contributed by atoms with Crippen LogP contribution in [0.25, 0.3) is 0 Å². The van der Waals surface area contributed by atoms with E-state index in [1.54, 1.807) is 7.11 Å². The maximum absolute atomic E-state index is 12.9. The first-order valence-corrected chi connectivity index (χ1v) is 8.68. The number of hydrogen-bond donors (Lipinski definition) is 0. The first-order chi connectivity index (χ1) is 12.3. The van der Waals surface area contributed by atoms with Gasteiger partial charge in [0.15, 0.2) is 0 Å². The van der Waals surface area contributed by atoms with Gasteiger partial charge in [0, 0.05) is 36.6 Å². The summed E-state index contributed by atoms with van der Waals surface area (Å²) >= 11 is 0. The van der Waals surface area contributed by atoms with Crippen molar-refractivity contribution in [3.05, 3.63) is 53.6 Å². The lowest BCUT2D eigenvalue weighted by Crippen LogP contribution is -2.36. The Balaban J connectivity index is 1.60. The summed E-state index contributed by atoms with van der Waals surface area (Å²) in [6, 6.07) is 13.8. The normalized spacial score (nSPS) is 16.7. The number of carbonyl (C=O) groups is 1. The number of nitrogens with zero attached hydrogens (tertiary/aromatic N) is 2. The van der Waals surface area contributed by atoms with Gasteiger partial charge in [0.2, 0.25) is 0 Å². The van der Waals surface area contributed by atoms with E-state index in [0.717, 1.165) is 56.4 Å². The molecule has 5 heteroatoms. The maximum atomic E-state index is 12.9. The van der Waals surface area contributed by atoms with Crippen LogP contribution in [0.5, 0.6) is 5.75 Å². The molecule has 5 nitrogen and oxygen atoms in total. The van der Waals surface area contributed by atoms with Crippen molar-refractivity contribution in [3.8, 4) is 5.75 Å². The Labute approximate surface area is 147 Å². The minimum atomic E-state index is 0.0422. The molecule has 0 bridgehead atoms. The third-order valence-electron chi connectivity index (χ3n) is 4.92. The number of methoxy groups -OCH3 is 1. The first kappa shape index (κ1) is 16.0. The molecule has 1 amide bonds. The Morgan fingerprint density at radius 1 is 1.04 bits per heavy atom. The molecule has 2 aromatic carbocycles. The molecule has 0 atom stereocenters. The van der Waals surface area contributed by atoms with E-state index >= 15 is 0 Å². The fourth-order valence-corrected chi connectivity index (χ4v) is 3.49. The number of morpholine rings is 1. The molecule has 4 rings (SSSR count). The van der Waals surface area contributed by atoms with Gasteiger partial charge in [-0.05, 0) is 48.4 Å². The van der Waals surface area contributed by atoms with Gasteiger partial charge in [-0.3, -0.25) is 4.79 Å². The van der Waals surface area contributed by atoms with E-state index in [2.05, 4.69) is 23.1 Å². The van der Waals surface area contributed by atoms with Crippen LogP contribution in [-0.4, -0.2) is 45.9 Å². The zero-order valence-electron chi connectivity index (χ0n) is 14.4. The quantitative estimate of drug-likeness (QED) is 0.863. The second-order valence-corrected chi connectivity index (χ2v) is 6.35. The highest BCUT2D eigenvalue weighted by Gasteiger charge is 2.26. The van der Waals surface area contributed by atoms with Gasteiger partial charge in [-0.1, -0.05) is 6.07 Å². The van der Waals surface area contributed by atoms with Crippen LogP contribution in [0.1, 0.15) is 15.9 Å². The molecule has 2 aliphatic heterocycles. The summed E-state index contributed by atoms with van der Waals surface area (Å²) in [6.45, 7) is 4.03. The van der Waals surface area contributed by atoms with Gasteiger partial charge in [-0.15, -0.1) is 0 Å². The molecular formula is C20H22N2O3. The molecule has 2 aromatic rings. The third-order valence-corrected chi connectivity index (χ3v) is 4.92. The average Bonchev–Trinajstić information content (AvgIpc) is 3.11. The number of amides is 1. The summed E-state index contributed by atoms with van der Waals surface area (Å²) in [5.74, 6) is 0.800. The molecule has 0 spiro atoms. The van der Waals surface area contributed by atoms with Gasteiger partial charge < -0.3 is 19.3 Å². The number of fused-ring (bicyclic) bond motifs is 1. The van der Waals surface area contributed by atoms with Crippen molar-refractivity contribution in [2.75, 3.05) is 49.8 Å². The van der Waals surface area contributed by atoms with E-state index in [-0.39, 0.29) is 5.91 Å². The molecule has 1 fully saturated rings. The van der Waals surface area contributed by atoms with E-state index in [0.29, 0.717) is 5.56 Å². The minimum Gasteiger partial charge on any atom is -0.497 e. The SMILES string of the molecule is COc1ccc(C(=O)N2CCc3ccc(N4CCOCC4)cc32)cc1. The van der Waals surface area contributed by atoms with Crippen LogP contribution in [0.2, 0.25) is 0 Å². The Morgan fingerprint density at radius 2 is 1.80 bits per heavy atom. The summed E-state index contributed by atoms with van der Waals surface area (Å²) in [4.78, 5) is 17.2. The van der Waals surface area contributed by atoms with Gasteiger partial charge >= 0.3 is 0 Å². The van der Waals surface area contributed by atoms with Crippen LogP contribution in [0.4, 0.5) is 11.4 Å². The minimum absolute atomic E-state index is 0.0422. The molecule has 2 heterocycles. The summed E-state index contributed by atoms with van der Waals surface area (Å²) in [5, 5.41) is 0. The largest absolute Gasteiger partial charge is 0.497 e. The highest BCUT2D eigenvalue weighted by Crippen LogP contribution is 2.33. The van der Waals surface area contributed by atoms with Crippen LogP contribution >= 0.6 is 0 Å². The van der Waals surface area contributed by atoms with Crippen LogP contribution in [0.3, 0.4) is 0 Å². The predicted molar refractivity (Wildman–Crippen MR) is 97.8 cm³/mol. The third kappa shape index (κ3) is 3.07. The monoisotopic (exact) mass is 338 g/mol. The molecule has 0 radical (unpaired) electrons. The fraction of sp³-hybridized carbons (Fsp3) is 0.350. The summed E-state index contributed by atoms with van der Waals surface area (Å²) in [6.07, 6.45) is 0.903. The molecule has 0 unspecified atom stereocenters. The Bertz CT molecular complexity index is 767. The predicted octanol–water partition coefficient (Wildman–Crippen LogP) is 2.73. The van der Waals surface area contributed by atoms with Crippen molar-refractivity contribution in [3.63, 3.8) is 0 Å². The van der Waals surface area contributed by atoms with Crippen molar-refractivity contribution >= 4 is 17.3 Å². The van der Waals surface area contributed by atoms with Crippen LogP contribution < -0.4 is 14.5 Å². The molecular weight excluding hydrogens is 316 g/mol. The average molecular weight is 338 g/mol. The van der Waals surface area contributed by atoms with Crippen molar-refractivity contribution in [1.29, 1.82) is 0 Å². The zero-order chi connectivity index (χ0) is 17.2. The summed E-state index contributed by atoms with van der Waals surface area (Å²) in [7, 11) is 1.63. The summed E-state index contributed by atoms with van der Waals surface area (Å²) in [5.41, 5.74) is 4.12. The van der Waals surface area contributed by atoms with Crippen LogP contribution in [-0.2, 0) is 11.2 Å². The molecule has 25 heavy (non-hydrogen) atoms. The maximum Gasteiger partial charge on any atom is 0.258 e. The zero-order valence-corrected chi connectivity index (χ0v) is 14.4. The Morgan fingerprint density at radius 3 is 2.52 bits per heavy atom.